The summed E-state index contributed by atoms with van der Waals surface area (Å²) >= 11 is 0. The molecule has 0 saturated heterocycles. The molecule has 0 aromatic carbocycles. The summed E-state index contributed by atoms with van der Waals surface area (Å²) in [5.41, 5.74) is 1.04. The van der Waals surface area contributed by atoms with Gasteiger partial charge in [0.25, 0.3) is 0 Å². The molecule has 0 aliphatic carbocycles. The van der Waals surface area contributed by atoms with E-state index in [-0.39, 0.29) is 5.97 Å². The van der Waals surface area contributed by atoms with Gasteiger partial charge in [-0.25, -0.2) is 0 Å². The summed E-state index contributed by atoms with van der Waals surface area (Å²) in [6.07, 6.45) is 3.45. The second kappa shape index (κ2) is 5.30. The van der Waals surface area contributed by atoms with Crippen LogP contribution in [0.2, 0.25) is 0 Å². The molecule has 0 unspecified atom stereocenters. The highest BCUT2D eigenvalue weighted by atomic mass is 16.5. The van der Waals surface area contributed by atoms with Crippen molar-refractivity contribution in [3.8, 4) is 0 Å². The Morgan fingerprint density at radius 1 is 1.54 bits per heavy atom. The van der Waals surface area contributed by atoms with Gasteiger partial charge in [0.15, 0.2) is 0 Å². The SMILES string of the molecule is CC(=O)OCCCc1ccccn1. The molecule has 1 heterocycles. The van der Waals surface area contributed by atoms with Crippen molar-refractivity contribution >= 4 is 5.97 Å². The van der Waals surface area contributed by atoms with Crippen LogP contribution in [0.3, 0.4) is 0 Å². The maximum Gasteiger partial charge on any atom is 0.302 e. The number of rotatable bonds is 4. The molecule has 3 heteroatoms. The van der Waals surface area contributed by atoms with E-state index in [1.807, 2.05) is 18.2 Å². The van der Waals surface area contributed by atoms with Gasteiger partial charge in [0.2, 0.25) is 0 Å². The number of nitrogens with zero attached hydrogens (tertiary/aromatic N) is 1. The normalized spacial score (nSPS) is 9.62. The summed E-state index contributed by atoms with van der Waals surface area (Å²) in [4.78, 5) is 14.6. The molecule has 0 spiro atoms. The first-order valence-corrected chi connectivity index (χ1v) is 4.32. The van der Waals surface area contributed by atoms with Gasteiger partial charge in [0, 0.05) is 18.8 Å². The molecule has 0 saturated carbocycles. The molecule has 0 aliphatic heterocycles. The molecule has 1 aromatic rings. The lowest BCUT2D eigenvalue weighted by atomic mass is 10.2. The van der Waals surface area contributed by atoms with Crippen molar-refractivity contribution in [1.29, 1.82) is 0 Å². The zero-order chi connectivity index (χ0) is 9.52. The monoisotopic (exact) mass is 179 g/mol. The van der Waals surface area contributed by atoms with Crippen molar-refractivity contribution in [1.82, 2.24) is 4.98 Å². The van der Waals surface area contributed by atoms with Crippen LogP contribution in [-0.2, 0) is 16.0 Å². The zero-order valence-electron chi connectivity index (χ0n) is 7.69. The van der Waals surface area contributed by atoms with Crippen molar-refractivity contribution in [2.45, 2.75) is 19.8 Å². The Labute approximate surface area is 77.8 Å². The lowest BCUT2D eigenvalue weighted by Crippen LogP contribution is -2.02. The smallest absolute Gasteiger partial charge is 0.302 e. The van der Waals surface area contributed by atoms with Gasteiger partial charge < -0.3 is 4.74 Å². The second-order valence-corrected chi connectivity index (χ2v) is 2.76. The van der Waals surface area contributed by atoms with Gasteiger partial charge in [-0.1, -0.05) is 6.07 Å². The van der Waals surface area contributed by atoms with Crippen LogP contribution >= 0.6 is 0 Å². The van der Waals surface area contributed by atoms with E-state index in [1.165, 1.54) is 6.92 Å². The minimum Gasteiger partial charge on any atom is -0.466 e. The lowest BCUT2D eigenvalue weighted by molar-refractivity contribution is -0.141. The highest BCUT2D eigenvalue weighted by molar-refractivity contribution is 5.65. The maximum atomic E-state index is 10.4. The average molecular weight is 179 g/mol. The predicted octanol–water partition coefficient (Wildman–Crippen LogP) is 1.58. The fourth-order valence-corrected chi connectivity index (χ4v) is 1.02. The number of pyridine rings is 1. The van der Waals surface area contributed by atoms with E-state index in [9.17, 15) is 4.79 Å². The standard InChI is InChI=1S/C10H13NO2/c1-9(12)13-8-4-6-10-5-2-3-7-11-10/h2-3,5,7H,4,6,8H2,1H3. The summed E-state index contributed by atoms with van der Waals surface area (Å²) in [5.74, 6) is -0.221. The van der Waals surface area contributed by atoms with Crippen LogP contribution in [0.5, 0.6) is 0 Å². The Kier molecular flexibility index (Phi) is 3.96. The fourth-order valence-electron chi connectivity index (χ4n) is 1.02. The van der Waals surface area contributed by atoms with Crippen LogP contribution in [0.1, 0.15) is 19.0 Å². The highest BCUT2D eigenvalue weighted by Gasteiger charge is 1.95. The van der Waals surface area contributed by atoms with Gasteiger partial charge in [0.05, 0.1) is 6.61 Å². The maximum absolute atomic E-state index is 10.4. The Balaban J connectivity index is 2.17. The summed E-state index contributed by atoms with van der Waals surface area (Å²) < 4.78 is 4.80. The van der Waals surface area contributed by atoms with E-state index in [4.69, 9.17) is 4.74 Å². The molecular weight excluding hydrogens is 166 g/mol. The van der Waals surface area contributed by atoms with Gasteiger partial charge in [-0.15, -0.1) is 0 Å². The quantitative estimate of drug-likeness (QED) is 0.520. The molecular formula is C10H13NO2. The third kappa shape index (κ3) is 4.25. The van der Waals surface area contributed by atoms with Crippen molar-refractivity contribution in [2.75, 3.05) is 6.61 Å². The highest BCUT2D eigenvalue weighted by Crippen LogP contribution is 1.98. The molecule has 0 N–H and O–H groups in total. The third-order valence-electron chi connectivity index (χ3n) is 1.61. The summed E-state index contributed by atoms with van der Waals surface area (Å²) in [5, 5.41) is 0. The van der Waals surface area contributed by atoms with Crippen molar-refractivity contribution < 1.29 is 9.53 Å². The van der Waals surface area contributed by atoms with E-state index in [2.05, 4.69) is 4.98 Å². The Bertz CT molecular complexity index is 259. The molecule has 1 rings (SSSR count). The van der Waals surface area contributed by atoms with Crippen LogP contribution in [0.25, 0.3) is 0 Å². The van der Waals surface area contributed by atoms with Gasteiger partial charge in [0.1, 0.15) is 0 Å². The van der Waals surface area contributed by atoms with Gasteiger partial charge in [-0.2, -0.15) is 0 Å². The predicted molar refractivity (Wildman–Crippen MR) is 49.2 cm³/mol. The third-order valence-corrected chi connectivity index (χ3v) is 1.61. The largest absolute Gasteiger partial charge is 0.466 e. The van der Waals surface area contributed by atoms with E-state index in [0.29, 0.717) is 6.61 Å². The van der Waals surface area contributed by atoms with Crippen LogP contribution < -0.4 is 0 Å². The van der Waals surface area contributed by atoms with Crippen molar-refractivity contribution in [3.63, 3.8) is 0 Å². The van der Waals surface area contributed by atoms with E-state index < -0.39 is 0 Å². The van der Waals surface area contributed by atoms with Crippen LogP contribution in [0, 0.1) is 0 Å². The molecule has 3 nitrogen and oxygen atoms in total. The van der Waals surface area contributed by atoms with Gasteiger partial charge >= 0.3 is 5.97 Å². The Hall–Kier alpha value is -1.38. The number of esters is 1. The van der Waals surface area contributed by atoms with Crippen molar-refractivity contribution in [2.24, 2.45) is 0 Å². The van der Waals surface area contributed by atoms with Crippen LogP contribution in [-0.4, -0.2) is 17.6 Å². The van der Waals surface area contributed by atoms with E-state index in [1.54, 1.807) is 6.20 Å². The number of aromatic nitrogens is 1. The summed E-state index contributed by atoms with van der Waals surface area (Å²) in [6.45, 7) is 1.90. The molecule has 0 bridgehead atoms. The first kappa shape index (κ1) is 9.71. The molecule has 0 atom stereocenters. The molecule has 0 radical (unpaired) electrons. The van der Waals surface area contributed by atoms with Crippen LogP contribution in [0.15, 0.2) is 24.4 Å². The average Bonchev–Trinajstić information content (AvgIpc) is 2.14. The molecule has 13 heavy (non-hydrogen) atoms. The molecule has 0 aliphatic rings. The molecule has 0 amide bonds. The number of hydrogen-bond acceptors (Lipinski definition) is 3. The first-order valence-electron chi connectivity index (χ1n) is 4.32. The Morgan fingerprint density at radius 3 is 3.00 bits per heavy atom. The first-order chi connectivity index (χ1) is 6.29. The van der Waals surface area contributed by atoms with Gasteiger partial charge in [-0.05, 0) is 25.0 Å². The lowest BCUT2D eigenvalue weighted by Gasteiger charge is -2.00. The fraction of sp³-hybridized carbons (Fsp3) is 0.400. The minimum atomic E-state index is -0.221. The molecule has 0 fully saturated rings. The minimum absolute atomic E-state index is 0.221. The van der Waals surface area contributed by atoms with E-state index in [0.717, 1.165) is 18.5 Å². The number of carbonyl (C=O) groups is 1. The second-order valence-electron chi connectivity index (χ2n) is 2.76. The molecule has 1 aromatic heterocycles. The van der Waals surface area contributed by atoms with E-state index >= 15 is 0 Å². The number of ether oxygens (including phenoxy) is 1. The van der Waals surface area contributed by atoms with Gasteiger partial charge in [-0.3, -0.25) is 9.78 Å². The van der Waals surface area contributed by atoms with Crippen molar-refractivity contribution in [3.05, 3.63) is 30.1 Å². The number of carbonyl (C=O) groups excluding carboxylic acids is 1. The Morgan fingerprint density at radius 2 is 2.38 bits per heavy atom. The number of aryl methyl sites for hydroxylation is 1. The molecule has 70 valence electrons. The topological polar surface area (TPSA) is 39.2 Å². The number of hydrogen-bond donors (Lipinski definition) is 0. The van der Waals surface area contributed by atoms with Crippen LogP contribution in [0.4, 0.5) is 0 Å². The summed E-state index contributed by atoms with van der Waals surface area (Å²) in [7, 11) is 0. The summed E-state index contributed by atoms with van der Waals surface area (Å²) in [6, 6.07) is 5.80. The zero-order valence-corrected chi connectivity index (χ0v) is 7.69.